The van der Waals surface area contributed by atoms with Crippen molar-refractivity contribution in [2.45, 2.75) is 0 Å². The van der Waals surface area contributed by atoms with Gasteiger partial charge in [-0.2, -0.15) is 0 Å². The van der Waals surface area contributed by atoms with Crippen molar-refractivity contribution in [3.05, 3.63) is 70.5 Å². The molecule has 126 valence electrons. The van der Waals surface area contributed by atoms with Gasteiger partial charge in [-0.15, -0.1) is 10.2 Å². The lowest BCUT2D eigenvalue weighted by atomic mass is 10.2. The molecule has 1 heterocycles. The summed E-state index contributed by atoms with van der Waals surface area (Å²) in [4.78, 5) is 12.0. The summed E-state index contributed by atoms with van der Waals surface area (Å²) < 4.78 is 18.3. The smallest absolute Gasteiger partial charge is 0.257 e. The second kappa shape index (κ2) is 7.67. The van der Waals surface area contributed by atoms with Gasteiger partial charge in [-0.1, -0.05) is 35.6 Å². The number of benzene rings is 2. The summed E-state index contributed by atoms with van der Waals surface area (Å²) in [6.07, 6.45) is 3.69. The van der Waals surface area contributed by atoms with Crippen molar-refractivity contribution >= 4 is 34.5 Å². The Bertz CT molecular complexity index is 907. The molecule has 0 saturated heterocycles. The number of halogens is 1. The van der Waals surface area contributed by atoms with Crippen LogP contribution in [0.1, 0.15) is 20.9 Å². The highest BCUT2D eigenvalue weighted by molar-refractivity contribution is 7.16. The van der Waals surface area contributed by atoms with Crippen molar-refractivity contribution in [3.8, 4) is 5.75 Å². The van der Waals surface area contributed by atoms with Gasteiger partial charge in [-0.3, -0.25) is 10.1 Å². The van der Waals surface area contributed by atoms with Crippen LogP contribution in [0.15, 0.2) is 48.5 Å². The highest BCUT2D eigenvalue weighted by Gasteiger charge is 2.10. The SMILES string of the molecule is COc1ccc(C=Cc2nnc(NC(=O)c3cccc(F)c3)s2)cc1. The van der Waals surface area contributed by atoms with E-state index in [2.05, 4.69) is 15.5 Å². The molecule has 0 aliphatic carbocycles. The minimum absolute atomic E-state index is 0.227. The molecule has 0 fully saturated rings. The Labute approximate surface area is 147 Å². The molecule has 0 aliphatic rings. The Morgan fingerprint density at radius 3 is 2.68 bits per heavy atom. The molecular formula is C18H14FN3O2S. The van der Waals surface area contributed by atoms with Crippen LogP contribution >= 0.6 is 11.3 Å². The number of rotatable bonds is 5. The minimum atomic E-state index is -0.465. The number of carbonyl (C=O) groups is 1. The first-order chi connectivity index (χ1) is 12.1. The molecule has 0 aliphatic heterocycles. The molecule has 1 aromatic heterocycles. The lowest BCUT2D eigenvalue weighted by Crippen LogP contribution is -2.11. The second-order valence-electron chi connectivity index (χ2n) is 5.02. The van der Waals surface area contributed by atoms with Crippen LogP contribution in [0.4, 0.5) is 9.52 Å². The molecule has 0 unspecified atom stereocenters. The fourth-order valence-corrected chi connectivity index (χ4v) is 2.68. The molecule has 0 saturated carbocycles. The number of hydrogen-bond donors (Lipinski definition) is 1. The van der Waals surface area contributed by atoms with E-state index in [1.165, 1.54) is 35.6 Å². The van der Waals surface area contributed by atoms with E-state index in [-0.39, 0.29) is 5.56 Å². The van der Waals surface area contributed by atoms with Gasteiger partial charge in [0, 0.05) is 5.56 Å². The van der Waals surface area contributed by atoms with Crippen LogP contribution in [0.25, 0.3) is 12.2 Å². The molecule has 5 nitrogen and oxygen atoms in total. The van der Waals surface area contributed by atoms with E-state index in [0.717, 1.165) is 11.3 Å². The number of amides is 1. The van der Waals surface area contributed by atoms with E-state index in [1.54, 1.807) is 13.2 Å². The van der Waals surface area contributed by atoms with Gasteiger partial charge in [0.1, 0.15) is 16.6 Å². The maximum absolute atomic E-state index is 13.2. The van der Waals surface area contributed by atoms with Crippen molar-refractivity contribution in [2.24, 2.45) is 0 Å². The predicted molar refractivity (Wildman–Crippen MR) is 96.2 cm³/mol. The van der Waals surface area contributed by atoms with Gasteiger partial charge in [0.15, 0.2) is 0 Å². The van der Waals surface area contributed by atoms with Crippen molar-refractivity contribution in [1.82, 2.24) is 10.2 Å². The third kappa shape index (κ3) is 4.48. The van der Waals surface area contributed by atoms with Crippen molar-refractivity contribution < 1.29 is 13.9 Å². The van der Waals surface area contributed by atoms with E-state index in [0.29, 0.717) is 10.1 Å². The Morgan fingerprint density at radius 2 is 1.96 bits per heavy atom. The molecule has 0 bridgehead atoms. The molecule has 1 amide bonds. The first-order valence-electron chi connectivity index (χ1n) is 7.36. The Morgan fingerprint density at radius 1 is 1.16 bits per heavy atom. The summed E-state index contributed by atoms with van der Waals surface area (Å²) in [6, 6.07) is 13.0. The normalized spacial score (nSPS) is 10.8. The highest BCUT2D eigenvalue weighted by Crippen LogP contribution is 2.19. The maximum Gasteiger partial charge on any atom is 0.257 e. The van der Waals surface area contributed by atoms with Crippen LogP contribution in [0.5, 0.6) is 5.75 Å². The van der Waals surface area contributed by atoms with Crippen LogP contribution < -0.4 is 10.1 Å². The number of anilines is 1. The Hall–Kier alpha value is -3.06. The molecule has 0 radical (unpaired) electrons. The van der Waals surface area contributed by atoms with E-state index in [4.69, 9.17) is 4.74 Å². The summed E-state index contributed by atoms with van der Waals surface area (Å²) in [6.45, 7) is 0. The summed E-state index contributed by atoms with van der Waals surface area (Å²) in [5, 5.41) is 11.5. The monoisotopic (exact) mass is 355 g/mol. The first kappa shape index (κ1) is 16.8. The maximum atomic E-state index is 13.2. The first-order valence-corrected chi connectivity index (χ1v) is 8.18. The van der Waals surface area contributed by atoms with Crippen molar-refractivity contribution in [3.63, 3.8) is 0 Å². The minimum Gasteiger partial charge on any atom is -0.497 e. The number of hydrogen-bond acceptors (Lipinski definition) is 5. The number of methoxy groups -OCH3 is 1. The third-order valence-electron chi connectivity index (χ3n) is 3.28. The summed E-state index contributed by atoms with van der Waals surface area (Å²) in [5.74, 6) is -0.107. The molecule has 3 rings (SSSR count). The molecule has 0 spiro atoms. The molecule has 25 heavy (non-hydrogen) atoms. The Balaban J connectivity index is 1.65. The zero-order valence-electron chi connectivity index (χ0n) is 13.3. The molecule has 0 atom stereocenters. The van der Waals surface area contributed by atoms with Gasteiger partial charge in [0.05, 0.1) is 7.11 Å². The van der Waals surface area contributed by atoms with E-state index < -0.39 is 11.7 Å². The van der Waals surface area contributed by atoms with Gasteiger partial charge in [-0.25, -0.2) is 4.39 Å². The van der Waals surface area contributed by atoms with Gasteiger partial charge in [0.2, 0.25) is 5.13 Å². The van der Waals surface area contributed by atoms with Crippen molar-refractivity contribution in [1.29, 1.82) is 0 Å². The lowest BCUT2D eigenvalue weighted by molar-refractivity contribution is 0.102. The van der Waals surface area contributed by atoms with Crippen LogP contribution in [0.2, 0.25) is 0 Å². The summed E-state index contributed by atoms with van der Waals surface area (Å²) >= 11 is 1.23. The molecule has 3 aromatic rings. The number of ether oxygens (including phenoxy) is 1. The van der Waals surface area contributed by atoms with E-state index in [9.17, 15) is 9.18 Å². The largest absolute Gasteiger partial charge is 0.497 e. The second-order valence-corrected chi connectivity index (χ2v) is 6.03. The summed E-state index contributed by atoms with van der Waals surface area (Å²) in [7, 11) is 1.62. The number of carbonyl (C=O) groups excluding carboxylic acids is 1. The fraction of sp³-hybridized carbons (Fsp3) is 0.0556. The molecule has 7 heteroatoms. The zero-order chi connectivity index (χ0) is 17.6. The van der Waals surface area contributed by atoms with Gasteiger partial charge < -0.3 is 4.74 Å². The average Bonchev–Trinajstić information content (AvgIpc) is 3.08. The number of nitrogens with one attached hydrogen (secondary N) is 1. The molecule has 2 aromatic carbocycles. The fourth-order valence-electron chi connectivity index (χ4n) is 2.03. The topological polar surface area (TPSA) is 64.1 Å². The van der Waals surface area contributed by atoms with E-state index in [1.807, 2.05) is 30.3 Å². The van der Waals surface area contributed by atoms with E-state index >= 15 is 0 Å². The van der Waals surface area contributed by atoms with Crippen molar-refractivity contribution in [2.75, 3.05) is 12.4 Å². The quantitative estimate of drug-likeness (QED) is 0.748. The standard InChI is InChI=1S/C18H14FN3O2S/c1-24-15-8-5-12(6-9-15)7-10-16-21-22-18(25-16)20-17(23)13-3-2-4-14(19)11-13/h2-11H,1H3,(H,20,22,23). The average molecular weight is 355 g/mol. The van der Waals surface area contributed by atoms with Gasteiger partial charge >= 0.3 is 0 Å². The molecular weight excluding hydrogens is 341 g/mol. The third-order valence-corrected chi connectivity index (χ3v) is 4.09. The van der Waals surface area contributed by atoms with Crippen LogP contribution in [-0.4, -0.2) is 23.2 Å². The number of aromatic nitrogens is 2. The van der Waals surface area contributed by atoms with Crippen LogP contribution in [0, 0.1) is 5.82 Å². The number of nitrogens with zero attached hydrogens (tertiary/aromatic N) is 2. The highest BCUT2D eigenvalue weighted by atomic mass is 32.1. The van der Waals surface area contributed by atoms with Crippen LogP contribution in [0.3, 0.4) is 0 Å². The predicted octanol–water partition coefficient (Wildman–Crippen LogP) is 4.11. The lowest BCUT2D eigenvalue weighted by Gasteiger charge is -2.00. The Kier molecular flexibility index (Phi) is 5.15. The van der Waals surface area contributed by atoms with Crippen LogP contribution in [-0.2, 0) is 0 Å². The zero-order valence-corrected chi connectivity index (χ0v) is 14.1. The molecule has 1 N–H and O–H groups in total. The van der Waals surface area contributed by atoms with Gasteiger partial charge in [-0.05, 0) is 42.0 Å². The summed E-state index contributed by atoms with van der Waals surface area (Å²) in [5.41, 5.74) is 1.21. The van der Waals surface area contributed by atoms with Gasteiger partial charge in [0.25, 0.3) is 5.91 Å².